The third-order valence-electron chi connectivity index (χ3n) is 4.53. The maximum atomic E-state index is 12.9. The molecule has 1 unspecified atom stereocenters. The molecular weight excluding hydrogens is 312 g/mol. The second kappa shape index (κ2) is 6.07. The van der Waals surface area contributed by atoms with Crippen molar-refractivity contribution in [3.8, 4) is 5.75 Å². The first-order chi connectivity index (χ1) is 11.2. The summed E-state index contributed by atoms with van der Waals surface area (Å²) in [7, 11) is 0. The number of fused-ring (bicyclic) bond motifs is 1. The van der Waals surface area contributed by atoms with E-state index in [1.165, 1.54) is 18.6 Å². The van der Waals surface area contributed by atoms with Gasteiger partial charge in [-0.15, -0.1) is 0 Å². The van der Waals surface area contributed by atoms with Crippen LogP contribution in [0.3, 0.4) is 0 Å². The number of nitrogens with one attached hydrogen (secondary N) is 1. The number of benzene rings is 1. The summed E-state index contributed by atoms with van der Waals surface area (Å²) in [5.41, 5.74) is 1.29. The summed E-state index contributed by atoms with van der Waals surface area (Å²) < 4.78 is 5.43. The number of thioether (sulfide) groups is 1. The highest BCUT2D eigenvalue weighted by Gasteiger charge is 2.35. The van der Waals surface area contributed by atoms with Crippen molar-refractivity contribution in [1.82, 2.24) is 4.90 Å². The molecule has 1 saturated heterocycles. The van der Waals surface area contributed by atoms with Crippen molar-refractivity contribution in [2.75, 3.05) is 24.2 Å². The van der Waals surface area contributed by atoms with Gasteiger partial charge in [0.25, 0.3) is 11.8 Å². The van der Waals surface area contributed by atoms with Gasteiger partial charge in [0.15, 0.2) is 6.61 Å². The Morgan fingerprint density at radius 3 is 2.96 bits per heavy atom. The Bertz CT molecular complexity index is 639. The molecule has 0 bridgehead atoms. The molecule has 1 aromatic rings. The number of carbonyl (C=O) groups is 2. The van der Waals surface area contributed by atoms with Crippen molar-refractivity contribution in [2.45, 2.75) is 37.0 Å². The van der Waals surface area contributed by atoms with Crippen LogP contribution >= 0.6 is 11.8 Å². The highest BCUT2D eigenvalue weighted by Crippen LogP contribution is 2.35. The van der Waals surface area contributed by atoms with Gasteiger partial charge in [0.1, 0.15) is 5.75 Å². The number of amides is 2. The molecule has 1 saturated carbocycles. The minimum Gasteiger partial charge on any atom is -0.482 e. The lowest BCUT2D eigenvalue weighted by Gasteiger charge is -2.26. The van der Waals surface area contributed by atoms with Crippen molar-refractivity contribution in [1.29, 1.82) is 0 Å². The lowest BCUT2D eigenvalue weighted by atomic mass is 10.1. The molecule has 0 aromatic heterocycles. The van der Waals surface area contributed by atoms with Crippen molar-refractivity contribution in [2.24, 2.45) is 0 Å². The monoisotopic (exact) mass is 332 g/mol. The van der Waals surface area contributed by atoms with Crippen LogP contribution in [0.4, 0.5) is 5.69 Å². The van der Waals surface area contributed by atoms with E-state index >= 15 is 0 Å². The summed E-state index contributed by atoms with van der Waals surface area (Å²) in [6.45, 7) is 0.860. The fourth-order valence-corrected chi connectivity index (χ4v) is 4.43. The summed E-state index contributed by atoms with van der Waals surface area (Å²) in [6, 6.07) is 5.71. The molecule has 1 aromatic carbocycles. The van der Waals surface area contributed by atoms with Crippen LogP contribution < -0.4 is 10.1 Å². The van der Waals surface area contributed by atoms with Gasteiger partial charge in [0.05, 0.1) is 5.69 Å². The largest absolute Gasteiger partial charge is 0.482 e. The predicted molar refractivity (Wildman–Crippen MR) is 90.1 cm³/mol. The Balaban J connectivity index is 1.53. The molecule has 5 nitrogen and oxygen atoms in total. The van der Waals surface area contributed by atoms with Crippen LogP contribution in [-0.4, -0.2) is 46.9 Å². The van der Waals surface area contributed by atoms with Crippen molar-refractivity contribution in [3.05, 3.63) is 23.8 Å². The molecule has 0 radical (unpaired) electrons. The number of hydrogen-bond acceptors (Lipinski definition) is 4. The number of hydrogen-bond donors (Lipinski definition) is 1. The molecule has 1 atom stereocenters. The van der Waals surface area contributed by atoms with Crippen LogP contribution in [0.25, 0.3) is 0 Å². The first-order valence-corrected chi connectivity index (χ1v) is 9.25. The highest BCUT2D eigenvalue weighted by atomic mass is 32.2. The average molecular weight is 332 g/mol. The van der Waals surface area contributed by atoms with Crippen molar-refractivity contribution >= 4 is 29.3 Å². The minimum atomic E-state index is -0.158. The van der Waals surface area contributed by atoms with Crippen LogP contribution in [-0.2, 0) is 4.79 Å². The quantitative estimate of drug-likeness (QED) is 0.920. The molecule has 1 aliphatic carbocycles. The van der Waals surface area contributed by atoms with E-state index in [2.05, 4.69) is 5.32 Å². The lowest BCUT2D eigenvalue weighted by molar-refractivity contribution is -0.118. The Morgan fingerprint density at radius 1 is 1.35 bits per heavy atom. The zero-order valence-corrected chi connectivity index (χ0v) is 13.7. The Kier molecular flexibility index (Phi) is 3.93. The van der Waals surface area contributed by atoms with Crippen LogP contribution in [0, 0.1) is 0 Å². The van der Waals surface area contributed by atoms with Crippen molar-refractivity contribution < 1.29 is 14.3 Å². The van der Waals surface area contributed by atoms with Crippen LogP contribution in [0.1, 0.15) is 36.0 Å². The van der Waals surface area contributed by atoms with Crippen LogP contribution in [0.5, 0.6) is 5.75 Å². The standard InChI is InChI=1S/C17H20N2O3S/c20-16-10-22-15-8-11(3-6-14(15)18-16)17(21)19(12-4-5-12)9-13-2-1-7-23-13/h3,6,8,12-13H,1-2,4-5,7,9-10H2,(H,18,20). The van der Waals surface area contributed by atoms with E-state index in [0.29, 0.717) is 28.3 Å². The van der Waals surface area contributed by atoms with Gasteiger partial charge >= 0.3 is 0 Å². The third kappa shape index (κ3) is 3.17. The van der Waals surface area contributed by atoms with E-state index in [0.717, 1.165) is 19.4 Å². The van der Waals surface area contributed by atoms with E-state index in [9.17, 15) is 9.59 Å². The van der Waals surface area contributed by atoms with Gasteiger partial charge in [-0.05, 0) is 49.6 Å². The van der Waals surface area contributed by atoms with E-state index in [4.69, 9.17) is 4.74 Å². The van der Waals surface area contributed by atoms with Gasteiger partial charge in [0.2, 0.25) is 0 Å². The highest BCUT2D eigenvalue weighted by molar-refractivity contribution is 8.00. The molecule has 1 N–H and O–H groups in total. The van der Waals surface area contributed by atoms with E-state index in [1.807, 2.05) is 16.7 Å². The number of carbonyl (C=O) groups excluding carboxylic acids is 2. The maximum absolute atomic E-state index is 12.9. The molecule has 3 aliphatic rings. The average Bonchev–Trinajstić information content (AvgIpc) is 3.27. The molecule has 6 heteroatoms. The summed E-state index contributed by atoms with van der Waals surface area (Å²) in [4.78, 5) is 26.3. The molecule has 2 heterocycles. The summed E-state index contributed by atoms with van der Waals surface area (Å²) in [6.07, 6.45) is 4.69. The first kappa shape index (κ1) is 14.9. The fraction of sp³-hybridized carbons (Fsp3) is 0.529. The molecule has 122 valence electrons. The second-order valence-electron chi connectivity index (χ2n) is 6.37. The molecule has 2 fully saturated rings. The van der Waals surface area contributed by atoms with E-state index in [-0.39, 0.29) is 18.4 Å². The predicted octanol–water partition coefficient (Wildman–Crippen LogP) is 2.52. The summed E-state index contributed by atoms with van der Waals surface area (Å²) in [5.74, 6) is 1.73. The smallest absolute Gasteiger partial charge is 0.262 e. The van der Waals surface area contributed by atoms with Gasteiger partial charge in [-0.25, -0.2) is 0 Å². The zero-order valence-electron chi connectivity index (χ0n) is 12.9. The van der Waals surface area contributed by atoms with Gasteiger partial charge in [0, 0.05) is 23.4 Å². The number of ether oxygens (including phenoxy) is 1. The summed E-state index contributed by atoms with van der Waals surface area (Å²) in [5, 5.41) is 3.33. The first-order valence-electron chi connectivity index (χ1n) is 8.20. The summed E-state index contributed by atoms with van der Waals surface area (Å²) >= 11 is 1.99. The van der Waals surface area contributed by atoms with E-state index in [1.54, 1.807) is 18.2 Å². The van der Waals surface area contributed by atoms with E-state index < -0.39 is 0 Å². The van der Waals surface area contributed by atoms with Gasteiger partial charge in [-0.1, -0.05) is 0 Å². The normalized spacial score (nSPS) is 23.0. The van der Waals surface area contributed by atoms with Gasteiger partial charge in [-0.2, -0.15) is 11.8 Å². The van der Waals surface area contributed by atoms with Crippen molar-refractivity contribution in [3.63, 3.8) is 0 Å². The zero-order chi connectivity index (χ0) is 15.8. The molecular formula is C17H20N2O3S. The maximum Gasteiger partial charge on any atom is 0.262 e. The third-order valence-corrected chi connectivity index (χ3v) is 5.91. The lowest BCUT2D eigenvalue weighted by Crippen LogP contribution is -2.37. The molecule has 23 heavy (non-hydrogen) atoms. The van der Waals surface area contributed by atoms with Gasteiger partial charge < -0.3 is 15.0 Å². The number of anilines is 1. The topological polar surface area (TPSA) is 58.6 Å². The Hall–Kier alpha value is -1.69. The molecule has 4 rings (SSSR count). The Morgan fingerprint density at radius 2 is 2.22 bits per heavy atom. The SMILES string of the molecule is O=C1COc2cc(C(=O)N(CC3CCCS3)C3CC3)ccc2N1. The van der Waals surface area contributed by atoms with Gasteiger partial charge in [-0.3, -0.25) is 9.59 Å². The van der Waals surface area contributed by atoms with Crippen LogP contribution in [0.2, 0.25) is 0 Å². The second-order valence-corrected chi connectivity index (χ2v) is 7.78. The Labute approximate surface area is 139 Å². The number of nitrogens with zero attached hydrogens (tertiary/aromatic N) is 1. The fourth-order valence-electron chi connectivity index (χ4n) is 3.17. The minimum absolute atomic E-state index is 0.00962. The molecule has 2 amide bonds. The molecule has 0 spiro atoms. The van der Waals surface area contributed by atoms with Crippen LogP contribution in [0.15, 0.2) is 18.2 Å². The molecule has 2 aliphatic heterocycles. The number of rotatable bonds is 4.